The second kappa shape index (κ2) is 7.41. The molecule has 17 heavy (non-hydrogen) atoms. The molecule has 1 unspecified atom stereocenters. The van der Waals surface area contributed by atoms with Gasteiger partial charge in [0.2, 0.25) is 0 Å². The van der Waals surface area contributed by atoms with Gasteiger partial charge in [-0.1, -0.05) is 32.8 Å². The van der Waals surface area contributed by atoms with Crippen LogP contribution < -0.4 is 11.3 Å². The lowest BCUT2D eigenvalue weighted by Crippen LogP contribution is -2.33. The molecule has 0 aliphatic rings. The SMILES string of the molecule is CCCC(CCC)C(NN)c1cncc(C)c1. The van der Waals surface area contributed by atoms with E-state index in [2.05, 4.69) is 37.2 Å². The van der Waals surface area contributed by atoms with Crippen molar-refractivity contribution in [2.24, 2.45) is 11.8 Å². The molecule has 0 saturated heterocycles. The number of nitrogens with zero attached hydrogens (tertiary/aromatic N) is 1. The van der Waals surface area contributed by atoms with Crippen molar-refractivity contribution in [3.63, 3.8) is 0 Å². The third kappa shape index (κ3) is 4.10. The van der Waals surface area contributed by atoms with Crippen molar-refractivity contribution in [2.75, 3.05) is 0 Å². The average Bonchev–Trinajstić information content (AvgIpc) is 2.31. The maximum atomic E-state index is 5.74. The number of hydrazine groups is 1. The van der Waals surface area contributed by atoms with E-state index in [4.69, 9.17) is 5.84 Å². The van der Waals surface area contributed by atoms with E-state index in [0.29, 0.717) is 5.92 Å². The molecule has 0 aliphatic heterocycles. The van der Waals surface area contributed by atoms with Crippen molar-refractivity contribution in [3.05, 3.63) is 29.6 Å². The number of pyridine rings is 1. The number of nitrogens with two attached hydrogens (primary N) is 1. The van der Waals surface area contributed by atoms with Gasteiger partial charge < -0.3 is 0 Å². The van der Waals surface area contributed by atoms with E-state index in [-0.39, 0.29) is 6.04 Å². The number of aromatic nitrogens is 1. The Labute approximate surface area is 105 Å². The summed E-state index contributed by atoms with van der Waals surface area (Å²) in [4.78, 5) is 4.26. The fraction of sp³-hybridized carbons (Fsp3) is 0.643. The summed E-state index contributed by atoms with van der Waals surface area (Å²) in [5.41, 5.74) is 5.37. The fourth-order valence-electron chi connectivity index (χ4n) is 2.47. The Bertz CT molecular complexity index is 319. The molecule has 1 rings (SSSR count). The molecular weight excluding hydrogens is 210 g/mol. The summed E-state index contributed by atoms with van der Waals surface area (Å²) in [6, 6.07) is 2.40. The van der Waals surface area contributed by atoms with Gasteiger partial charge in [-0.3, -0.25) is 16.3 Å². The lowest BCUT2D eigenvalue weighted by molar-refractivity contribution is 0.318. The first kappa shape index (κ1) is 14.1. The Morgan fingerprint density at radius 3 is 2.35 bits per heavy atom. The normalized spacial score (nSPS) is 13.0. The first-order chi connectivity index (χ1) is 8.22. The van der Waals surface area contributed by atoms with Crippen LogP contribution in [-0.4, -0.2) is 4.98 Å². The van der Waals surface area contributed by atoms with Crippen molar-refractivity contribution in [3.8, 4) is 0 Å². The van der Waals surface area contributed by atoms with Crippen LogP contribution in [0.5, 0.6) is 0 Å². The summed E-state index contributed by atoms with van der Waals surface area (Å²) in [7, 11) is 0. The number of hydrogen-bond donors (Lipinski definition) is 2. The van der Waals surface area contributed by atoms with Gasteiger partial charge in [-0.25, -0.2) is 0 Å². The molecule has 1 aromatic rings. The smallest absolute Gasteiger partial charge is 0.0503 e. The quantitative estimate of drug-likeness (QED) is 0.564. The minimum absolute atomic E-state index is 0.224. The molecule has 1 heterocycles. The molecule has 0 amide bonds. The van der Waals surface area contributed by atoms with Crippen LogP contribution in [0.1, 0.15) is 56.7 Å². The maximum Gasteiger partial charge on any atom is 0.0503 e. The molecule has 96 valence electrons. The molecule has 3 nitrogen and oxygen atoms in total. The Morgan fingerprint density at radius 1 is 1.24 bits per heavy atom. The number of rotatable bonds is 7. The van der Waals surface area contributed by atoms with E-state index < -0.39 is 0 Å². The van der Waals surface area contributed by atoms with Gasteiger partial charge in [0, 0.05) is 12.4 Å². The summed E-state index contributed by atoms with van der Waals surface area (Å²) >= 11 is 0. The molecular formula is C14H25N3. The predicted molar refractivity (Wildman–Crippen MR) is 72.3 cm³/mol. The predicted octanol–water partition coefficient (Wildman–Crippen LogP) is 3.11. The minimum atomic E-state index is 0.224. The van der Waals surface area contributed by atoms with Crippen LogP contribution in [0.15, 0.2) is 18.5 Å². The third-order valence-electron chi connectivity index (χ3n) is 3.23. The van der Waals surface area contributed by atoms with Gasteiger partial charge in [0.05, 0.1) is 6.04 Å². The summed E-state index contributed by atoms with van der Waals surface area (Å²) in [6.45, 7) is 6.52. The minimum Gasteiger partial charge on any atom is -0.271 e. The summed E-state index contributed by atoms with van der Waals surface area (Å²) in [5.74, 6) is 6.33. The Kier molecular flexibility index (Phi) is 6.16. The number of hydrogen-bond acceptors (Lipinski definition) is 3. The van der Waals surface area contributed by atoms with E-state index in [9.17, 15) is 0 Å². The molecule has 0 bridgehead atoms. The first-order valence-electron chi connectivity index (χ1n) is 6.60. The standard InChI is InChI=1S/C14H25N3/c1-4-6-12(7-5-2)14(17-15)13-8-11(3)9-16-10-13/h8-10,12,14,17H,4-7,15H2,1-3H3. The van der Waals surface area contributed by atoms with E-state index >= 15 is 0 Å². The molecule has 1 atom stereocenters. The summed E-state index contributed by atoms with van der Waals surface area (Å²) < 4.78 is 0. The zero-order valence-corrected chi connectivity index (χ0v) is 11.2. The highest BCUT2D eigenvalue weighted by atomic mass is 15.2. The first-order valence-corrected chi connectivity index (χ1v) is 6.60. The molecule has 3 heteroatoms. The molecule has 0 spiro atoms. The van der Waals surface area contributed by atoms with Crippen LogP contribution in [0, 0.1) is 12.8 Å². The van der Waals surface area contributed by atoms with Gasteiger partial charge in [-0.05, 0) is 36.8 Å². The molecule has 0 aliphatic carbocycles. The zero-order valence-electron chi connectivity index (χ0n) is 11.2. The monoisotopic (exact) mass is 235 g/mol. The molecule has 0 saturated carbocycles. The van der Waals surface area contributed by atoms with Crippen molar-refractivity contribution in [1.29, 1.82) is 0 Å². The van der Waals surface area contributed by atoms with Gasteiger partial charge in [-0.15, -0.1) is 0 Å². The third-order valence-corrected chi connectivity index (χ3v) is 3.23. The van der Waals surface area contributed by atoms with Gasteiger partial charge in [0.25, 0.3) is 0 Å². The van der Waals surface area contributed by atoms with Gasteiger partial charge >= 0.3 is 0 Å². The Hall–Kier alpha value is -0.930. The lowest BCUT2D eigenvalue weighted by Gasteiger charge is -2.26. The zero-order chi connectivity index (χ0) is 12.7. The van der Waals surface area contributed by atoms with Crippen LogP contribution in [0.25, 0.3) is 0 Å². The van der Waals surface area contributed by atoms with E-state index in [1.165, 1.54) is 36.8 Å². The van der Waals surface area contributed by atoms with Crippen molar-refractivity contribution >= 4 is 0 Å². The van der Waals surface area contributed by atoms with Crippen LogP contribution in [0.2, 0.25) is 0 Å². The van der Waals surface area contributed by atoms with Gasteiger partial charge in [-0.2, -0.15) is 0 Å². The van der Waals surface area contributed by atoms with Crippen molar-refractivity contribution in [1.82, 2.24) is 10.4 Å². The Morgan fingerprint density at radius 2 is 1.88 bits per heavy atom. The summed E-state index contributed by atoms with van der Waals surface area (Å²) in [5, 5.41) is 0. The van der Waals surface area contributed by atoms with Crippen LogP contribution >= 0.6 is 0 Å². The second-order valence-electron chi connectivity index (χ2n) is 4.78. The lowest BCUT2D eigenvalue weighted by atomic mass is 9.87. The van der Waals surface area contributed by atoms with Gasteiger partial charge in [0.1, 0.15) is 0 Å². The average molecular weight is 235 g/mol. The molecule has 0 aromatic carbocycles. The maximum absolute atomic E-state index is 5.74. The van der Waals surface area contributed by atoms with Crippen LogP contribution in [-0.2, 0) is 0 Å². The molecule has 0 radical (unpaired) electrons. The van der Waals surface area contributed by atoms with Crippen LogP contribution in [0.3, 0.4) is 0 Å². The van der Waals surface area contributed by atoms with Crippen LogP contribution in [0.4, 0.5) is 0 Å². The highest BCUT2D eigenvalue weighted by molar-refractivity contribution is 5.20. The fourth-order valence-corrected chi connectivity index (χ4v) is 2.47. The highest BCUT2D eigenvalue weighted by Gasteiger charge is 2.20. The topological polar surface area (TPSA) is 50.9 Å². The van der Waals surface area contributed by atoms with Crippen molar-refractivity contribution < 1.29 is 0 Å². The highest BCUT2D eigenvalue weighted by Crippen LogP contribution is 2.28. The molecule has 0 fully saturated rings. The van der Waals surface area contributed by atoms with E-state index in [1.54, 1.807) is 0 Å². The van der Waals surface area contributed by atoms with Crippen molar-refractivity contribution in [2.45, 2.75) is 52.5 Å². The molecule has 3 N–H and O–H groups in total. The summed E-state index contributed by atoms with van der Waals surface area (Å²) in [6.07, 6.45) is 8.61. The van der Waals surface area contributed by atoms with E-state index in [1.807, 2.05) is 12.4 Å². The largest absolute Gasteiger partial charge is 0.271 e. The van der Waals surface area contributed by atoms with E-state index in [0.717, 1.165) is 0 Å². The number of nitrogens with one attached hydrogen (secondary N) is 1. The van der Waals surface area contributed by atoms with Gasteiger partial charge in [0.15, 0.2) is 0 Å². The molecule has 1 aromatic heterocycles. The Balaban J connectivity index is 2.87. The second-order valence-corrected chi connectivity index (χ2v) is 4.78. The number of aryl methyl sites for hydroxylation is 1.